The number of methoxy groups -OCH3 is 1. The van der Waals surface area contributed by atoms with Crippen LogP contribution < -0.4 is 0 Å². The standard InChI is InChI=1S/C16H19NO4/c1-10-4-6-12(7-5-10)14-13(11(2)18)15(19)16(20)17(14)8-9-21-3/h4-7,14,19H,8-9H2,1-3H3/t14-/m1/s1. The Morgan fingerprint density at radius 3 is 2.48 bits per heavy atom. The van der Waals surface area contributed by atoms with E-state index < -0.39 is 17.7 Å². The third-order valence-corrected chi connectivity index (χ3v) is 3.61. The smallest absolute Gasteiger partial charge is 0.290 e. The molecule has 2 rings (SSSR count). The largest absolute Gasteiger partial charge is 0.503 e. The molecular formula is C16H19NO4. The van der Waals surface area contributed by atoms with Crippen molar-refractivity contribution in [2.45, 2.75) is 19.9 Å². The maximum atomic E-state index is 12.2. The van der Waals surface area contributed by atoms with Crippen LogP contribution in [0.25, 0.3) is 0 Å². The van der Waals surface area contributed by atoms with Gasteiger partial charge in [0.15, 0.2) is 11.5 Å². The second-order valence-electron chi connectivity index (χ2n) is 5.12. The van der Waals surface area contributed by atoms with Gasteiger partial charge in [-0.1, -0.05) is 29.8 Å². The van der Waals surface area contributed by atoms with Crippen LogP contribution in [0.3, 0.4) is 0 Å². The van der Waals surface area contributed by atoms with Crippen LogP contribution in [0.15, 0.2) is 35.6 Å². The van der Waals surface area contributed by atoms with Gasteiger partial charge in [-0.05, 0) is 19.4 Å². The van der Waals surface area contributed by atoms with E-state index in [-0.39, 0.29) is 11.4 Å². The van der Waals surface area contributed by atoms with E-state index in [2.05, 4.69) is 0 Å². The van der Waals surface area contributed by atoms with Crippen LogP contribution in [0.5, 0.6) is 0 Å². The van der Waals surface area contributed by atoms with Crippen molar-refractivity contribution in [1.82, 2.24) is 4.90 Å². The molecule has 5 heteroatoms. The first-order valence-electron chi connectivity index (χ1n) is 6.78. The van der Waals surface area contributed by atoms with E-state index in [9.17, 15) is 14.7 Å². The Bertz CT molecular complexity index is 589. The molecule has 0 bridgehead atoms. The molecule has 1 amide bonds. The second-order valence-corrected chi connectivity index (χ2v) is 5.12. The summed E-state index contributed by atoms with van der Waals surface area (Å²) < 4.78 is 5.01. The highest BCUT2D eigenvalue weighted by atomic mass is 16.5. The first-order valence-corrected chi connectivity index (χ1v) is 6.78. The fourth-order valence-corrected chi connectivity index (χ4v) is 2.53. The number of hydrogen-bond acceptors (Lipinski definition) is 4. The Morgan fingerprint density at radius 2 is 1.95 bits per heavy atom. The van der Waals surface area contributed by atoms with E-state index >= 15 is 0 Å². The van der Waals surface area contributed by atoms with Crippen molar-refractivity contribution in [1.29, 1.82) is 0 Å². The lowest BCUT2D eigenvalue weighted by Gasteiger charge is -2.26. The van der Waals surface area contributed by atoms with E-state index in [0.29, 0.717) is 13.2 Å². The Balaban J connectivity index is 2.46. The number of aliphatic hydroxyl groups excluding tert-OH is 1. The summed E-state index contributed by atoms with van der Waals surface area (Å²) in [7, 11) is 1.54. The number of benzene rings is 1. The van der Waals surface area contributed by atoms with Crippen LogP contribution in [0, 0.1) is 6.92 Å². The lowest BCUT2D eigenvalue weighted by Crippen LogP contribution is -2.33. The molecule has 1 heterocycles. The number of carbonyl (C=O) groups is 2. The molecule has 1 aromatic carbocycles. The van der Waals surface area contributed by atoms with Gasteiger partial charge in [0.1, 0.15) is 0 Å². The highest BCUT2D eigenvalue weighted by Gasteiger charge is 2.41. The molecule has 5 nitrogen and oxygen atoms in total. The zero-order valence-electron chi connectivity index (χ0n) is 12.4. The number of aliphatic hydroxyl groups is 1. The van der Waals surface area contributed by atoms with Crippen molar-refractivity contribution < 1.29 is 19.4 Å². The van der Waals surface area contributed by atoms with Crippen LogP contribution in [-0.4, -0.2) is 42.0 Å². The van der Waals surface area contributed by atoms with Crippen LogP contribution >= 0.6 is 0 Å². The zero-order chi connectivity index (χ0) is 15.6. The molecule has 0 radical (unpaired) electrons. The monoisotopic (exact) mass is 289 g/mol. The third-order valence-electron chi connectivity index (χ3n) is 3.61. The van der Waals surface area contributed by atoms with Gasteiger partial charge in [-0.2, -0.15) is 0 Å². The number of Topliss-reactive ketones (excluding diaryl/α,β-unsaturated/α-hetero) is 1. The number of ether oxygens (including phenoxy) is 1. The molecule has 0 spiro atoms. The van der Waals surface area contributed by atoms with Crippen LogP contribution in [0.4, 0.5) is 0 Å². The summed E-state index contributed by atoms with van der Waals surface area (Å²) in [5.74, 6) is -1.28. The molecular weight excluding hydrogens is 270 g/mol. The van der Waals surface area contributed by atoms with E-state index in [4.69, 9.17) is 4.74 Å². The fraction of sp³-hybridized carbons (Fsp3) is 0.375. The molecule has 1 aliphatic rings. The first-order chi connectivity index (χ1) is 9.97. The molecule has 112 valence electrons. The molecule has 0 fully saturated rings. The Morgan fingerprint density at radius 1 is 1.33 bits per heavy atom. The Kier molecular flexibility index (Phi) is 4.43. The summed E-state index contributed by atoms with van der Waals surface area (Å²) in [6, 6.07) is 7.03. The predicted octanol–water partition coefficient (Wildman–Crippen LogP) is 1.93. The number of hydrogen-bond donors (Lipinski definition) is 1. The summed E-state index contributed by atoms with van der Waals surface area (Å²) in [6.07, 6.45) is 0. The average molecular weight is 289 g/mol. The summed E-state index contributed by atoms with van der Waals surface area (Å²) in [4.78, 5) is 25.5. The molecule has 1 atom stereocenters. The van der Waals surface area contributed by atoms with Crippen LogP contribution in [0.2, 0.25) is 0 Å². The highest BCUT2D eigenvalue weighted by Crippen LogP contribution is 2.37. The van der Waals surface area contributed by atoms with Gasteiger partial charge in [0.2, 0.25) is 0 Å². The van der Waals surface area contributed by atoms with Crippen molar-refractivity contribution >= 4 is 11.7 Å². The topological polar surface area (TPSA) is 66.8 Å². The third kappa shape index (κ3) is 2.83. The van der Waals surface area contributed by atoms with E-state index in [1.807, 2.05) is 31.2 Å². The molecule has 1 N–H and O–H groups in total. The maximum absolute atomic E-state index is 12.2. The van der Waals surface area contributed by atoms with Crippen molar-refractivity contribution in [2.24, 2.45) is 0 Å². The van der Waals surface area contributed by atoms with Gasteiger partial charge in [0.05, 0.1) is 18.2 Å². The van der Waals surface area contributed by atoms with Gasteiger partial charge in [-0.3, -0.25) is 9.59 Å². The van der Waals surface area contributed by atoms with Gasteiger partial charge in [-0.15, -0.1) is 0 Å². The number of aryl methyl sites for hydroxylation is 1. The number of carbonyl (C=O) groups excluding carboxylic acids is 2. The number of rotatable bonds is 5. The number of amides is 1. The van der Waals surface area contributed by atoms with Gasteiger partial charge < -0.3 is 14.7 Å². The van der Waals surface area contributed by atoms with E-state index in [1.165, 1.54) is 11.8 Å². The summed E-state index contributed by atoms with van der Waals surface area (Å²) in [5, 5.41) is 10.0. The minimum absolute atomic E-state index is 0.153. The predicted molar refractivity (Wildman–Crippen MR) is 77.8 cm³/mol. The van der Waals surface area contributed by atoms with Crippen molar-refractivity contribution in [3.63, 3.8) is 0 Å². The minimum atomic E-state index is -0.550. The fourth-order valence-electron chi connectivity index (χ4n) is 2.53. The highest BCUT2D eigenvalue weighted by molar-refractivity contribution is 6.08. The maximum Gasteiger partial charge on any atom is 0.290 e. The first kappa shape index (κ1) is 15.3. The Labute approximate surface area is 123 Å². The van der Waals surface area contributed by atoms with Gasteiger partial charge in [0.25, 0.3) is 5.91 Å². The van der Waals surface area contributed by atoms with Crippen molar-refractivity contribution in [3.8, 4) is 0 Å². The van der Waals surface area contributed by atoms with Gasteiger partial charge >= 0.3 is 0 Å². The zero-order valence-corrected chi connectivity index (χ0v) is 12.4. The van der Waals surface area contributed by atoms with Crippen molar-refractivity contribution in [3.05, 3.63) is 46.7 Å². The minimum Gasteiger partial charge on any atom is -0.503 e. The molecule has 21 heavy (non-hydrogen) atoms. The molecule has 0 aromatic heterocycles. The molecule has 0 aliphatic carbocycles. The Hall–Kier alpha value is -2.14. The molecule has 0 saturated heterocycles. The molecule has 0 unspecified atom stereocenters. The summed E-state index contributed by atoms with van der Waals surface area (Å²) in [5.41, 5.74) is 2.04. The molecule has 0 saturated carbocycles. The second kappa shape index (κ2) is 6.10. The molecule has 1 aliphatic heterocycles. The average Bonchev–Trinajstić information content (AvgIpc) is 2.70. The van der Waals surface area contributed by atoms with E-state index in [1.54, 1.807) is 7.11 Å². The van der Waals surface area contributed by atoms with Crippen LogP contribution in [-0.2, 0) is 14.3 Å². The van der Waals surface area contributed by atoms with Crippen molar-refractivity contribution in [2.75, 3.05) is 20.3 Å². The SMILES string of the molecule is COCCN1C(=O)C(O)=C(C(C)=O)[C@H]1c1ccc(C)cc1. The summed E-state index contributed by atoms with van der Waals surface area (Å²) >= 11 is 0. The lowest BCUT2D eigenvalue weighted by atomic mass is 9.96. The van der Waals surface area contributed by atoms with Gasteiger partial charge in [-0.25, -0.2) is 0 Å². The quantitative estimate of drug-likeness (QED) is 0.899. The summed E-state index contributed by atoms with van der Waals surface area (Å²) in [6.45, 7) is 3.98. The molecule has 1 aromatic rings. The van der Waals surface area contributed by atoms with E-state index in [0.717, 1.165) is 11.1 Å². The van der Waals surface area contributed by atoms with Crippen LogP contribution in [0.1, 0.15) is 24.1 Å². The number of nitrogens with zero attached hydrogens (tertiary/aromatic N) is 1. The normalized spacial score (nSPS) is 18.5. The van der Waals surface area contributed by atoms with Gasteiger partial charge in [0, 0.05) is 13.7 Å². The number of ketones is 1. The lowest BCUT2D eigenvalue weighted by molar-refractivity contribution is -0.130.